The van der Waals surface area contributed by atoms with Gasteiger partial charge in [0, 0.05) is 53.7 Å². The third-order valence-electron chi connectivity index (χ3n) is 9.55. The van der Waals surface area contributed by atoms with E-state index >= 15 is 0 Å². The van der Waals surface area contributed by atoms with Crippen LogP contribution in [-0.2, 0) is 17.8 Å². The largest absolute Gasteiger partial charge is 0.480 e. The molecular formula is C37H42Cl2N6O4. The maximum absolute atomic E-state index is 11.5. The van der Waals surface area contributed by atoms with Gasteiger partial charge in [0.2, 0.25) is 17.7 Å². The smallest absolute Gasteiger partial charge is 0.237 e. The number of amides is 1. The van der Waals surface area contributed by atoms with Crippen molar-refractivity contribution in [1.82, 2.24) is 30.2 Å². The van der Waals surface area contributed by atoms with Gasteiger partial charge in [-0.05, 0) is 52.5 Å². The first-order valence-corrected chi connectivity index (χ1v) is 17.4. The van der Waals surface area contributed by atoms with E-state index in [1.807, 2.05) is 50.2 Å². The fraction of sp³-hybridized carbons (Fsp3) is 0.432. The van der Waals surface area contributed by atoms with E-state index in [0.29, 0.717) is 63.7 Å². The number of nitrogens with zero attached hydrogens (tertiary/aromatic N) is 5. The Morgan fingerprint density at radius 1 is 0.898 bits per heavy atom. The highest BCUT2D eigenvalue weighted by atomic mass is 35.5. The lowest BCUT2D eigenvalue weighted by Crippen LogP contribution is -2.33. The maximum atomic E-state index is 11.5. The van der Waals surface area contributed by atoms with Crippen LogP contribution in [0.15, 0.2) is 48.8 Å². The van der Waals surface area contributed by atoms with E-state index in [2.05, 4.69) is 15.2 Å². The molecule has 10 nitrogen and oxygen atoms in total. The van der Waals surface area contributed by atoms with Gasteiger partial charge in [0.15, 0.2) is 0 Å². The molecule has 0 saturated carbocycles. The van der Waals surface area contributed by atoms with E-state index in [-0.39, 0.29) is 17.9 Å². The molecule has 2 aromatic carbocycles. The fourth-order valence-corrected chi connectivity index (χ4v) is 7.36. The molecule has 1 amide bonds. The first-order valence-electron chi connectivity index (χ1n) is 16.7. The molecule has 2 N–H and O–H groups in total. The third kappa shape index (κ3) is 7.83. The van der Waals surface area contributed by atoms with Crippen molar-refractivity contribution < 1.29 is 19.4 Å². The summed E-state index contributed by atoms with van der Waals surface area (Å²) in [6.45, 7) is 5.97. The molecule has 2 aliphatic heterocycles. The van der Waals surface area contributed by atoms with Gasteiger partial charge in [-0.25, -0.2) is 9.97 Å². The minimum atomic E-state index is -0.722. The van der Waals surface area contributed by atoms with Gasteiger partial charge in [0.1, 0.15) is 11.4 Å². The van der Waals surface area contributed by atoms with Gasteiger partial charge in [-0.15, -0.1) is 0 Å². The van der Waals surface area contributed by atoms with Crippen molar-refractivity contribution in [1.29, 1.82) is 0 Å². The minimum absolute atomic E-state index is 0.123. The van der Waals surface area contributed by atoms with Gasteiger partial charge < -0.3 is 19.9 Å². The van der Waals surface area contributed by atoms with E-state index in [1.54, 1.807) is 26.6 Å². The number of nitrogens with one attached hydrogen (secondary N) is 1. The number of hydrogen-bond acceptors (Lipinski definition) is 9. The normalized spacial score (nSPS) is 18.1. The van der Waals surface area contributed by atoms with E-state index in [9.17, 15) is 9.90 Å². The van der Waals surface area contributed by atoms with Crippen LogP contribution >= 0.6 is 23.2 Å². The number of rotatable bonds is 12. The van der Waals surface area contributed by atoms with Crippen molar-refractivity contribution in [2.24, 2.45) is 5.92 Å². The molecule has 6 rings (SSSR count). The van der Waals surface area contributed by atoms with Crippen LogP contribution in [0.3, 0.4) is 0 Å². The molecule has 2 fully saturated rings. The fourth-order valence-electron chi connectivity index (χ4n) is 6.71. The first-order chi connectivity index (χ1) is 23.5. The van der Waals surface area contributed by atoms with Crippen molar-refractivity contribution in [2.45, 2.75) is 70.6 Å². The molecule has 2 saturated heterocycles. The zero-order valence-corrected chi connectivity index (χ0v) is 29.8. The zero-order chi connectivity index (χ0) is 34.7. The molecule has 0 aliphatic carbocycles. The monoisotopic (exact) mass is 704 g/mol. The van der Waals surface area contributed by atoms with Crippen LogP contribution in [0, 0.1) is 5.92 Å². The Kier molecular flexibility index (Phi) is 10.7. The van der Waals surface area contributed by atoms with Crippen molar-refractivity contribution in [2.75, 3.05) is 27.3 Å². The van der Waals surface area contributed by atoms with Gasteiger partial charge in [-0.3, -0.25) is 19.7 Å². The van der Waals surface area contributed by atoms with Gasteiger partial charge in [0.05, 0.1) is 53.6 Å². The number of aliphatic hydroxyl groups is 1. The second-order valence-corrected chi connectivity index (χ2v) is 14.1. The third-order valence-corrected chi connectivity index (χ3v) is 10.4. The predicted molar refractivity (Wildman–Crippen MR) is 191 cm³/mol. The SMILES string of the molecule is COc1nc(-c2cccc(-c3cccc(-c4cnc(CN5CC[C@H](C(C)(C)O)C5)c(OC)n4)c3Cl)c2Cl)cnc1CCC[C@@H]1CCC(=O)N1. The lowest BCUT2D eigenvalue weighted by atomic mass is 9.90. The topological polar surface area (TPSA) is 123 Å². The highest BCUT2D eigenvalue weighted by molar-refractivity contribution is 6.39. The van der Waals surface area contributed by atoms with Crippen LogP contribution in [-0.4, -0.2) is 74.8 Å². The Morgan fingerprint density at radius 2 is 1.47 bits per heavy atom. The zero-order valence-electron chi connectivity index (χ0n) is 28.3. The Hall–Kier alpha value is -3.83. The molecule has 0 bridgehead atoms. The van der Waals surface area contributed by atoms with E-state index in [1.165, 1.54) is 0 Å². The molecule has 0 radical (unpaired) electrons. The number of carbonyl (C=O) groups excluding carboxylic acids is 1. The quantitative estimate of drug-likeness (QED) is 0.164. The number of aryl methyl sites for hydroxylation is 1. The molecule has 12 heteroatoms. The summed E-state index contributed by atoms with van der Waals surface area (Å²) in [5.74, 6) is 1.21. The van der Waals surface area contributed by atoms with E-state index in [0.717, 1.165) is 61.3 Å². The number of carbonyl (C=O) groups is 1. The van der Waals surface area contributed by atoms with Crippen LogP contribution < -0.4 is 14.8 Å². The van der Waals surface area contributed by atoms with Crippen molar-refractivity contribution in [3.05, 3.63) is 70.2 Å². The van der Waals surface area contributed by atoms with Crippen molar-refractivity contribution >= 4 is 29.1 Å². The van der Waals surface area contributed by atoms with Crippen molar-refractivity contribution in [3.8, 4) is 45.4 Å². The Balaban J connectivity index is 1.22. The van der Waals surface area contributed by atoms with Gasteiger partial charge in [-0.2, -0.15) is 0 Å². The molecule has 4 aromatic rings. The predicted octanol–water partition coefficient (Wildman–Crippen LogP) is 6.79. The van der Waals surface area contributed by atoms with Crippen molar-refractivity contribution in [3.63, 3.8) is 0 Å². The lowest BCUT2D eigenvalue weighted by molar-refractivity contribution is -0.119. The summed E-state index contributed by atoms with van der Waals surface area (Å²) >= 11 is 14.2. The summed E-state index contributed by atoms with van der Waals surface area (Å²) in [6.07, 6.45) is 8.28. The second-order valence-electron chi connectivity index (χ2n) is 13.3. The first kappa shape index (κ1) is 35.0. The summed E-state index contributed by atoms with van der Waals surface area (Å²) in [5.41, 5.74) is 4.81. The van der Waals surface area contributed by atoms with Gasteiger partial charge >= 0.3 is 0 Å². The molecule has 258 valence electrons. The molecule has 2 aromatic heterocycles. The molecule has 2 atom stereocenters. The number of methoxy groups -OCH3 is 2. The van der Waals surface area contributed by atoms with E-state index < -0.39 is 5.60 Å². The molecule has 49 heavy (non-hydrogen) atoms. The molecular weight excluding hydrogens is 663 g/mol. The van der Waals surface area contributed by atoms with Crippen LogP contribution in [0.25, 0.3) is 33.6 Å². The number of hydrogen-bond donors (Lipinski definition) is 2. The highest BCUT2D eigenvalue weighted by Crippen LogP contribution is 2.42. The van der Waals surface area contributed by atoms with Gasteiger partial charge in [-0.1, -0.05) is 59.6 Å². The average Bonchev–Trinajstić information content (AvgIpc) is 3.74. The number of ether oxygens (including phenoxy) is 2. The number of benzene rings is 2. The number of aromatic nitrogens is 4. The number of halogens is 2. The highest BCUT2D eigenvalue weighted by Gasteiger charge is 2.34. The Morgan fingerprint density at radius 3 is 2.00 bits per heavy atom. The summed E-state index contributed by atoms with van der Waals surface area (Å²) in [4.78, 5) is 32.8. The summed E-state index contributed by atoms with van der Waals surface area (Å²) in [5, 5.41) is 14.4. The van der Waals surface area contributed by atoms with Crippen LogP contribution in [0.4, 0.5) is 0 Å². The van der Waals surface area contributed by atoms with E-state index in [4.69, 9.17) is 47.6 Å². The second kappa shape index (κ2) is 15.0. The standard InChI is InChI=1S/C37H42Cl2N6O4/c1-37(2,47)22-16-17-45(20-22)21-31-36(49-4)44-30(19-41-31)27-12-7-10-25(34(27)39)24-9-6-11-26(33(24)38)29-18-40-28(35(43-29)48-3)13-5-8-23-14-15-32(46)42-23/h6-7,9-12,18-19,22-23,47H,5,8,13-17,20-21H2,1-4H3,(H,42,46)/t22-,23+/m0/s1. The molecule has 0 spiro atoms. The minimum Gasteiger partial charge on any atom is -0.480 e. The molecule has 4 heterocycles. The van der Waals surface area contributed by atoms with Gasteiger partial charge in [0.25, 0.3) is 0 Å². The lowest BCUT2D eigenvalue weighted by Gasteiger charge is -2.25. The molecule has 2 aliphatic rings. The average molecular weight is 706 g/mol. The van der Waals surface area contributed by atoms with Crippen LogP contribution in [0.2, 0.25) is 10.0 Å². The van der Waals surface area contributed by atoms with Crippen LogP contribution in [0.1, 0.15) is 57.3 Å². The summed E-state index contributed by atoms with van der Waals surface area (Å²) in [6, 6.07) is 11.7. The Labute approximate surface area is 297 Å². The molecule has 0 unspecified atom stereocenters. The number of likely N-dealkylation sites (tertiary alicyclic amines) is 1. The summed E-state index contributed by atoms with van der Waals surface area (Å²) < 4.78 is 11.3. The maximum Gasteiger partial charge on any atom is 0.237 e. The van der Waals surface area contributed by atoms with Crippen LogP contribution in [0.5, 0.6) is 11.8 Å². The summed E-state index contributed by atoms with van der Waals surface area (Å²) in [7, 11) is 3.17. The Bertz CT molecular complexity index is 1830.